The van der Waals surface area contributed by atoms with Gasteiger partial charge in [-0.3, -0.25) is 15.4 Å². The minimum Gasteiger partial charge on any atom is -0.445 e. The number of rotatable bonds is 4. The summed E-state index contributed by atoms with van der Waals surface area (Å²) in [6.07, 6.45) is 0.731. The van der Waals surface area contributed by atoms with Crippen molar-refractivity contribution in [2.45, 2.75) is 0 Å². The predicted octanol–water partition coefficient (Wildman–Crippen LogP) is 2.90. The maximum Gasteiger partial charge on any atom is 0.411 e. The Morgan fingerprint density at radius 3 is 3.00 bits per heavy atom. The van der Waals surface area contributed by atoms with Crippen LogP contribution < -0.4 is 5.32 Å². The Balaban J connectivity index is 2.59. The minimum absolute atomic E-state index is 0.0320. The van der Waals surface area contributed by atoms with Crippen molar-refractivity contribution >= 4 is 29.1 Å². The Morgan fingerprint density at radius 1 is 1.59 bits per heavy atom. The number of nitrogens with one attached hydrogen (secondary N) is 1. The Bertz CT molecular complexity index is 448. The topological polar surface area (TPSA) is 81.5 Å². The van der Waals surface area contributed by atoms with Gasteiger partial charge in [-0.15, -0.1) is 0 Å². The SMILES string of the molecule is O=C(Nc1cccc([N+](=O)[O-])c1)OCC=CCl. The summed E-state index contributed by atoms with van der Waals surface area (Å²) in [4.78, 5) is 21.1. The van der Waals surface area contributed by atoms with Gasteiger partial charge in [0.15, 0.2) is 0 Å². The van der Waals surface area contributed by atoms with Gasteiger partial charge in [-0.2, -0.15) is 0 Å². The molecule has 0 bridgehead atoms. The predicted molar refractivity (Wildman–Crippen MR) is 63.1 cm³/mol. The molecular weight excluding hydrogens is 248 g/mol. The molecule has 90 valence electrons. The second kappa shape index (κ2) is 6.49. The summed E-state index contributed by atoms with van der Waals surface area (Å²) in [6.45, 7) is 0.0320. The molecule has 1 N–H and O–H groups in total. The Hall–Kier alpha value is -2.08. The van der Waals surface area contributed by atoms with E-state index in [9.17, 15) is 14.9 Å². The van der Waals surface area contributed by atoms with Gasteiger partial charge in [0.2, 0.25) is 0 Å². The highest BCUT2D eigenvalue weighted by Crippen LogP contribution is 2.16. The van der Waals surface area contributed by atoms with Crippen LogP contribution in [0, 0.1) is 10.1 Å². The highest BCUT2D eigenvalue weighted by molar-refractivity contribution is 6.25. The van der Waals surface area contributed by atoms with Crippen molar-refractivity contribution in [3.05, 3.63) is 46.0 Å². The Labute approximate surface area is 102 Å². The maximum atomic E-state index is 11.2. The number of nitro groups is 1. The van der Waals surface area contributed by atoms with Crippen molar-refractivity contribution in [2.75, 3.05) is 11.9 Å². The van der Waals surface area contributed by atoms with Crippen LogP contribution in [-0.4, -0.2) is 17.6 Å². The van der Waals surface area contributed by atoms with Gasteiger partial charge in [0, 0.05) is 17.7 Å². The van der Waals surface area contributed by atoms with Gasteiger partial charge in [0.1, 0.15) is 6.61 Å². The number of hydrogen-bond donors (Lipinski definition) is 1. The monoisotopic (exact) mass is 256 g/mol. The fourth-order valence-electron chi connectivity index (χ4n) is 1.01. The molecule has 0 heterocycles. The van der Waals surface area contributed by atoms with Crippen molar-refractivity contribution in [2.24, 2.45) is 0 Å². The summed E-state index contributed by atoms with van der Waals surface area (Å²) in [5, 5.41) is 12.8. The first-order valence-electron chi connectivity index (χ1n) is 4.57. The van der Waals surface area contributed by atoms with Crippen molar-refractivity contribution in [1.29, 1.82) is 0 Å². The van der Waals surface area contributed by atoms with Gasteiger partial charge in [0.25, 0.3) is 5.69 Å². The van der Waals surface area contributed by atoms with E-state index >= 15 is 0 Å². The number of nitrogens with zero attached hydrogens (tertiary/aromatic N) is 1. The van der Waals surface area contributed by atoms with Gasteiger partial charge in [-0.25, -0.2) is 4.79 Å². The highest BCUT2D eigenvalue weighted by atomic mass is 35.5. The largest absolute Gasteiger partial charge is 0.445 e. The van der Waals surface area contributed by atoms with Crippen LogP contribution in [-0.2, 0) is 4.74 Å². The lowest BCUT2D eigenvalue weighted by Gasteiger charge is -2.04. The third-order valence-corrected chi connectivity index (χ3v) is 1.88. The molecule has 0 aromatic heterocycles. The summed E-state index contributed by atoms with van der Waals surface area (Å²) in [5.41, 5.74) is 1.41. The van der Waals surface area contributed by atoms with E-state index in [0.717, 1.165) is 0 Å². The van der Waals surface area contributed by atoms with Gasteiger partial charge in [-0.05, 0) is 12.1 Å². The highest BCUT2D eigenvalue weighted by Gasteiger charge is 2.07. The number of hydrogen-bond acceptors (Lipinski definition) is 4. The summed E-state index contributed by atoms with van der Waals surface area (Å²) >= 11 is 5.23. The molecule has 0 aliphatic heterocycles. The number of non-ortho nitro benzene ring substituents is 1. The first-order chi connectivity index (χ1) is 8.13. The van der Waals surface area contributed by atoms with E-state index in [4.69, 9.17) is 16.3 Å². The number of benzene rings is 1. The third kappa shape index (κ3) is 4.52. The van der Waals surface area contributed by atoms with E-state index in [-0.39, 0.29) is 12.3 Å². The van der Waals surface area contributed by atoms with Crippen molar-refractivity contribution < 1.29 is 14.5 Å². The van der Waals surface area contributed by atoms with E-state index < -0.39 is 11.0 Å². The van der Waals surface area contributed by atoms with Crippen molar-refractivity contribution in [3.63, 3.8) is 0 Å². The molecule has 0 saturated heterocycles. The molecular formula is C10H9ClN2O4. The molecule has 0 atom stereocenters. The van der Waals surface area contributed by atoms with E-state index in [1.807, 2.05) is 0 Å². The molecule has 7 heteroatoms. The number of halogens is 1. The van der Waals surface area contributed by atoms with Crippen LogP contribution in [0.2, 0.25) is 0 Å². The quantitative estimate of drug-likeness (QED) is 0.663. The smallest absolute Gasteiger partial charge is 0.411 e. The van der Waals surface area contributed by atoms with Crippen LogP contribution in [0.5, 0.6) is 0 Å². The Kier molecular flexibility index (Phi) is 4.96. The number of nitro benzene ring substituents is 1. The molecule has 0 radical (unpaired) electrons. The standard InChI is InChI=1S/C10H9ClN2O4/c11-5-2-6-17-10(14)12-8-3-1-4-9(7-8)13(15)16/h1-5,7H,6H2,(H,12,14). The summed E-state index contributed by atoms with van der Waals surface area (Å²) in [6, 6.07) is 5.55. The fourth-order valence-corrected chi connectivity index (χ4v) is 1.08. The lowest BCUT2D eigenvalue weighted by molar-refractivity contribution is -0.384. The summed E-state index contributed by atoms with van der Waals surface area (Å²) in [7, 11) is 0. The zero-order chi connectivity index (χ0) is 12.7. The molecule has 1 amide bonds. The normalized spacial score (nSPS) is 10.2. The average Bonchev–Trinajstić information content (AvgIpc) is 2.29. The first kappa shape index (κ1) is 13.0. The lowest BCUT2D eigenvalue weighted by Crippen LogP contribution is -2.13. The van der Waals surface area contributed by atoms with Crippen LogP contribution in [0.25, 0.3) is 0 Å². The fraction of sp³-hybridized carbons (Fsp3) is 0.100. The number of carbonyl (C=O) groups excluding carboxylic acids is 1. The lowest BCUT2D eigenvalue weighted by atomic mass is 10.3. The second-order valence-corrected chi connectivity index (χ2v) is 3.14. The molecule has 17 heavy (non-hydrogen) atoms. The van der Waals surface area contributed by atoms with Gasteiger partial charge in [-0.1, -0.05) is 17.7 Å². The van der Waals surface area contributed by atoms with Crippen molar-refractivity contribution in [1.82, 2.24) is 0 Å². The molecule has 0 aliphatic rings. The number of ether oxygens (including phenoxy) is 1. The average molecular weight is 257 g/mol. The van der Waals surface area contributed by atoms with Crippen LogP contribution in [0.15, 0.2) is 35.9 Å². The van der Waals surface area contributed by atoms with Gasteiger partial charge >= 0.3 is 6.09 Å². The van der Waals surface area contributed by atoms with E-state index in [1.54, 1.807) is 0 Å². The van der Waals surface area contributed by atoms with Gasteiger partial charge in [0.05, 0.1) is 10.6 Å². The van der Waals surface area contributed by atoms with E-state index in [1.165, 1.54) is 35.9 Å². The molecule has 1 aromatic rings. The second-order valence-electron chi connectivity index (χ2n) is 2.89. The molecule has 1 rings (SSSR count). The third-order valence-electron chi connectivity index (χ3n) is 1.70. The van der Waals surface area contributed by atoms with Gasteiger partial charge < -0.3 is 4.74 Å². The van der Waals surface area contributed by atoms with Crippen LogP contribution in [0.1, 0.15) is 0 Å². The van der Waals surface area contributed by atoms with Crippen molar-refractivity contribution in [3.8, 4) is 0 Å². The molecule has 1 aromatic carbocycles. The minimum atomic E-state index is -0.708. The maximum absolute atomic E-state index is 11.2. The molecule has 0 aliphatic carbocycles. The number of anilines is 1. The summed E-state index contributed by atoms with van der Waals surface area (Å²) < 4.78 is 4.70. The van der Waals surface area contributed by atoms with Crippen LogP contribution >= 0.6 is 11.6 Å². The molecule has 0 spiro atoms. The molecule has 0 saturated carbocycles. The zero-order valence-electron chi connectivity index (χ0n) is 8.63. The van der Waals surface area contributed by atoms with E-state index in [0.29, 0.717) is 5.69 Å². The Morgan fingerprint density at radius 2 is 2.35 bits per heavy atom. The first-order valence-corrected chi connectivity index (χ1v) is 5.00. The molecule has 0 fully saturated rings. The number of amides is 1. The van der Waals surface area contributed by atoms with E-state index in [2.05, 4.69) is 5.32 Å². The number of carbonyl (C=O) groups is 1. The zero-order valence-corrected chi connectivity index (χ0v) is 9.39. The summed E-state index contributed by atoms with van der Waals surface area (Å²) in [5.74, 6) is 0. The molecule has 6 nitrogen and oxygen atoms in total. The van der Waals surface area contributed by atoms with Crippen LogP contribution in [0.3, 0.4) is 0 Å². The van der Waals surface area contributed by atoms with Crippen LogP contribution in [0.4, 0.5) is 16.2 Å². The molecule has 0 unspecified atom stereocenters.